The van der Waals surface area contributed by atoms with Crippen LogP contribution in [-0.4, -0.2) is 7.11 Å². The summed E-state index contributed by atoms with van der Waals surface area (Å²) in [5.74, 6) is 0.873. The standard InChI is InChI=1S/C13H14NO/c1-11-3-5-12(6-4-11)14-9-7-13(15-2)8-10-14/h3-10H,1-2H3/q+1. The van der Waals surface area contributed by atoms with Crippen LogP contribution in [0.2, 0.25) is 0 Å². The van der Waals surface area contributed by atoms with E-state index in [1.54, 1.807) is 7.11 Å². The largest absolute Gasteiger partial charge is 0.496 e. The molecule has 0 aliphatic heterocycles. The van der Waals surface area contributed by atoms with E-state index in [1.165, 1.54) is 5.56 Å². The lowest BCUT2D eigenvalue weighted by Gasteiger charge is -1.98. The number of ether oxygens (including phenoxy) is 1. The topological polar surface area (TPSA) is 13.1 Å². The minimum Gasteiger partial charge on any atom is -0.496 e. The van der Waals surface area contributed by atoms with Crippen molar-refractivity contribution in [2.45, 2.75) is 6.92 Å². The molecular formula is C13H14NO+. The second-order valence-electron chi connectivity index (χ2n) is 3.48. The SMILES string of the molecule is COc1cc[n+](-c2ccc(C)cc2)cc1. The lowest BCUT2D eigenvalue weighted by Crippen LogP contribution is -2.28. The van der Waals surface area contributed by atoms with Crippen molar-refractivity contribution in [1.82, 2.24) is 0 Å². The molecule has 0 unspecified atom stereocenters. The summed E-state index contributed by atoms with van der Waals surface area (Å²) in [6.07, 6.45) is 3.98. The number of methoxy groups -OCH3 is 1. The zero-order chi connectivity index (χ0) is 10.7. The van der Waals surface area contributed by atoms with Crippen molar-refractivity contribution in [3.63, 3.8) is 0 Å². The Morgan fingerprint density at radius 1 is 0.933 bits per heavy atom. The summed E-state index contributed by atoms with van der Waals surface area (Å²) >= 11 is 0. The zero-order valence-corrected chi connectivity index (χ0v) is 8.97. The molecule has 1 aromatic carbocycles. The number of benzene rings is 1. The van der Waals surface area contributed by atoms with Crippen molar-refractivity contribution in [3.8, 4) is 11.4 Å². The van der Waals surface area contributed by atoms with Gasteiger partial charge < -0.3 is 4.74 Å². The van der Waals surface area contributed by atoms with Gasteiger partial charge in [0.1, 0.15) is 5.75 Å². The Hall–Kier alpha value is -1.83. The first-order valence-electron chi connectivity index (χ1n) is 4.92. The van der Waals surface area contributed by atoms with Crippen LogP contribution in [0, 0.1) is 6.92 Å². The molecule has 0 bridgehead atoms. The van der Waals surface area contributed by atoms with Gasteiger partial charge in [-0.25, -0.2) is 0 Å². The van der Waals surface area contributed by atoms with Gasteiger partial charge in [-0.3, -0.25) is 0 Å². The average Bonchev–Trinajstić information content (AvgIpc) is 2.30. The van der Waals surface area contributed by atoms with Gasteiger partial charge in [-0.2, -0.15) is 4.57 Å². The third-order valence-electron chi connectivity index (χ3n) is 2.37. The van der Waals surface area contributed by atoms with Gasteiger partial charge in [-0.05, 0) is 6.92 Å². The molecule has 1 aromatic heterocycles. The van der Waals surface area contributed by atoms with Crippen LogP contribution in [0.1, 0.15) is 5.56 Å². The predicted molar refractivity (Wildman–Crippen MR) is 59.3 cm³/mol. The van der Waals surface area contributed by atoms with Crippen LogP contribution in [-0.2, 0) is 0 Å². The van der Waals surface area contributed by atoms with E-state index in [2.05, 4.69) is 35.8 Å². The minimum absolute atomic E-state index is 0.873. The van der Waals surface area contributed by atoms with Crippen LogP contribution in [0.5, 0.6) is 5.75 Å². The highest BCUT2D eigenvalue weighted by Gasteiger charge is 2.04. The molecule has 2 aromatic rings. The predicted octanol–water partition coefficient (Wildman–Crippen LogP) is 2.28. The first-order chi connectivity index (χ1) is 7.29. The van der Waals surface area contributed by atoms with Crippen molar-refractivity contribution in [2.24, 2.45) is 0 Å². The van der Waals surface area contributed by atoms with Gasteiger partial charge in [0, 0.05) is 24.3 Å². The molecule has 0 aliphatic carbocycles. The summed E-state index contributed by atoms with van der Waals surface area (Å²) in [5, 5.41) is 0. The summed E-state index contributed by atoms with van der Waals surface area (Å²) in [6.45, 7) is 2.09. The monoisotopic (exact) mass is 200 g/mol. The van der Waals surface area contributed by atoms with Crippen LogP contribution >= 0.6 is 0 Å². The van der Waals surface area contributed by atoms with E-state index in [-0.39, 0.29) is 0 Å². The Morgan fingerprint density at radius 2 is 1.53 bits per heavy atom. The van der Waals surface area contributed by atoms with E-state index in [1.807, 2.05) is 24.5 Å². The molecular weight excluding hydrogens is 186 g/mol. The maximum Gasteiger partial charge on any atom is 0.210 e. The Balaban J connectivity index is 2.33. The fourth-order valence-electron chi connectivity index (χ4n) is 1.44. The van der Waals surface area contributed by atoms with Gasteiger partial charge in [0.15, 0.2) is 12.4 Å². The van der Waals surface area contributed by atoms with Crippen LogP contribution in [0.4, 0.5) is 0 Å². The second kappa shape index (κ2) is 4.13. The Bertz CT molecular complexity index is 431. The Kier molecular flexibility index (Phi) is 2.68. The zero-order valence-electron chi connectivity index (χ0n) is 8.97. The fraction of sp³-hybridized carbons (Fsp3) is 0.154. The van der Waals surface area contributed by atoms with Gasteiger partial charge in [-0.1, -0.05) is 17.7 Å². The molecule has 2 heteroatoms. The third-order valence-corrected chi connectivity index (χ3v) is 2.37. The molecule has 0 aliphatic rings. The number of pyridine rings is 1. The molecule has 2 rings (SSSR count). The molecule has 76 valence electrons. The van der Waals surface area contributed by atoms with Crippen molar-refractivity contribution < 1.29 is 9.30 Å². The Labute approximate surface area is 89.8 Å². The van der Waals surface area contributed by atoms with Crippen molar-refractivity contribution in [1.29, 1.82) is 0 Å². The van der Waals surface area contributed by atoms with E-state index in [0.29, 0.717) is 0 Å². The number of aromatic nitrogens is 1. The summed E-state index contributed by atoms with van der Waals surface area (Å²) < 4.78 is 7.17. The molecule has 1 heterocycles. The summed E-state index contributed by atoms with van der Waals surface area (Å²) in [4.78, 5) is 0. The van der Waals surface area contributed by atoms with Gasteiger partial charge in [0.05, 0.1) is 7.11 Å². The third kappa shape index (κ3) is 2.15. The molecule has 0 N–H and O–H groups in total. The quantitative estimate of drug-likeness (QED) is 0.678. The number of hydrogen-bond acceptors (Lipinski definition) is 1. The van der Waals surface area contributed by atoms with Crippen molar-refractivity contribution >= 4 is 0 Å². The van der Waals surface area contributed by atoms with Gasteiger partial charge in [0.2, 0.25) is 5.69 Å². The van der Waals surface area contributed by atoms with Gasteiger partial charge in [0.25, 0.3) is 0 Å². The Morgan fingerprint density at radius 3 is 2.07 bits per heavy atom. The number of rotatable bonds is 2. The van der Waals surface area contributed by atoms with E-state index >= 15 is 0 Å². The molecule has 0 saturated carbocycles. The van der Waals surface area contributed by atoms with Gasteiger partial charge >= 0.3 is 0 Å². The van der Waals surface area contributed by atoms with Crippen molar-refractivity contribution in [2.75, 3.05) is 7.11 Å². The molecule has 0 saturated heterocycles. The summed E-state index contributed by atoms with van der Waals surface area (Å²) in [5.41, 5.74) is 2.43. The van der Waals surface area contributed by atoms with Crippen LogP contribution in [0.15, 0.2) is 48.8 Å². The second-order valence-corrected chi connectivity index (χ2v) is 3.48. The number of aryl methyl sites for hydroxylation is 1. The molecule has 0 atom stereocenters. The lowest BCUT2D eigenvalue weighted by molar-refractivity contribution is -0.595. The normalized spacial score (nSPS) is 10.0. The smallest absolute Gasteiger partial charge is 0.210 e. The summed E-state index contributed by atoms with van der Waals surface area (Å²) in [6, 6.07) is 12.3. The van der Waals surface area contributed by atoms with E-state index in [0.717, 1.165) is 11.4 Å². The molecule has 0 radical (unpaired) electrons. The van der Waals surface area contributed by atoms with Crippen LogP contribution < -0.4 is 9.30 Å². The minimum atomic E-state index is 0.873. The molecule has 0 fully saturated rings. The number of nitrogens with zero attached hydrogens (tertiary/aromatic N) is 1. The summed E-state index contributed by atoms with van der Waals surface area (Å²) in [7, 11) is 1.67. The van der Waals surface area contributed by atoms with E-state index in [9.17, 15) is 0 Å². The average molecular weight is 200 g/mol. The molecule has 15 heavy (non-hydrogen) atoms. The molecule has 0 spiro atoms. The maximum absolute atomic E-state index is 5.11. The molecule has 0 amide bonds. The highest BCUT2D eigenvalue weighted by Crippen LogP contribution is 2.07. The highest BCUT2D eigenvalue weighted by atomic mass is 16.5. The van der Waals surface area contributed by atoms with E-state index < -0.39 is 0 Å². The first-order valence-corrected chi connectivity index (χ1v) is 4.92. The first kappa shape index (κ1) is 9.71. The number of hydrogen-bond donors (Lipinski definition) is 0. The van der Waals surface area contributed by atoms with Crippen LogP contribution in [0.3, 0.4) is 0 Å². The van der Waals surface area contributed by atoms with Crippen molar-refractivity contribution in [3.05, 3.63) is 54.4 Å². The van der Waals surface area contributed by atoms with Gasteiger partial charge in [-0.15, -0.1) is 0 Å². The van der Waals surface area contributed by atoms with E-state index in [4.69, 9.17) is 4.74 Å². The highest BCUT2D eigenvalue weighted by molar-refractivity contribution is 5.27. The fourth-order valence-corrected chi connectivity index (χ4v) is 1.44. The van der Waals surface area contributed by atoms with Crippen LogP contribution in [0.25, 0.3) is 5.69 Å². The maximum atomic E-state index is 5.11. The molecule has 2 nitrogen and oxygen atoms in total. The lowest BCUT2D eigenvalue weighted by atomic mass is 10.2.